The lowest BCUT2D eigenvalue weighted by atomic mass is 9.87. The zero-order chi connectivity index (χ0) is 23.4. The van der Waals surface area contributed by atoms with Gasteiger partial charge in [0.1, 0.15) is 5.83 Å². The molecule has 1 aromatic carbocycles. The van der Waals surface area contributed by atoms with Gasteiger partial charge < -0.3 is 9.64 Å². The minimum absolute atomic E-state index is 0.00923. The van der Waals surface area contributed by atoms with Crippen LogP contribution in [0.5, 0.6) is 0 Å². The molecule has 0 amide bonds. The average Bonchev–Trinajstić information content (AvgIpc) is 3.22. The van der Waals surface area contributed by atoms with Crippen molar-refractivity contribution in [3.05, 3.63) is 53.0 Å². The first-order valence-corrected chi connectivity index (χ1v) is 13.6. The van der Waals surface area contributed by atoms with Crippen LogP contribution in [0, 0.1) is 17.8 Å². The Kier molecular flexibility index (Phi) is 5.94. The first-order valence-electron chi connectivity index (χ1n) is 12.2. The molecule has 2 unspecified atom stereocenters. The van der Waals surface area contributed by atoms with Crippen LogP contribution in [0.1, 0.15) is 45.6 Å². The predicted molar refractivity (Wildman–Crippen MR) is 127 cm³/mol. The first kappa shape index (κ1) is 23.1. The molecule has 4 aliphatic rings. The molecule has 1 saturated carbocycles. The van der Waals surface area contributed by atoms with E-state index in [0.29, 0.717) is 49.0 Å². The highest BCUT2D eigenvalue weighted by Crippen LogP contribution is 2.56. The lowest BCUT2D eigenvalue weighted by Crippen LogP contribution is -2.36. The third-order valence-corrected chi connectivity index (χ3v) is 9.69. The molecule has 1 aromatic rings. The maximum absolute atomic E-state index is 15.3. The number of benzene rings is 1. The number of halogens is 1. The first-order chi connectivity index (χ1) is 15.7. The molecule has 180 valence electrons. The molecule has 0 aromatic heterocycles. The van der Waals surface area contributed by atoms with Crippen molar-refractivity contribution in [3.63, 3.8) is 0 Å². The molecule has 5 rings (SSSR count). The number of morpholine rings is 1. The number of rotatable bonds is 5. The fourth-order valence-electron chi connectivity index (χ4n) is 5.70. The number of ether oxygens (including phenoxy) is 1. The second-order valence-electron chi connectivity index (χ2n) is 10.9. The molecule has 0 spiro atoms. The summed E-state index contributed by atoms with van der Waals surface area (Å²) in [6.45, 7) is 10.2. The molecular formula is C26H35FN2O3S. The van der Waals surface area contributed by atoms with E-state index < -0.39 is 10.0 Å². The Hall–Kier alpha value is -1.70. The molecule has 2 atom stereocenters. The zero-order valence-electron chi connectivity index (χ0n) is 19.9. The van der Waals surface area contributed by atoms with Crippen LogP contribution in [0.3, 0.4) is 0 Å². The highest BCUT2D eigenvalue weighted by atomic mass is 32.2. The number of piperidine rings is 1. The Labute approximate surface area is 197 Å². The Morgan fingerprint density at radius 3 is 2.30 bits per heavy atom. The summed E-state index contributed by atoms with van der Waals surface area (Å²) in [5.74, 6) is 1.07. The summed E-state index contributed by atoms with van der Waals surface area (Å²) in [4.78, 5) is 2.47. The highest BCUT2D eigenvalue weighted by Gasteiger charge is 2.57. The number of nitrogens with zero attached hydrogens (tertiary/aromatic N) is 2. The van der Waals surface area contributed by atoms with Gasteiger partial charge >= 0.3 is 0 Å². The van der Waals surface area contributed by atoms with Crippen molar-refractivity contribution in [1.82, 2.24) is 9.21 Å². The van der Waals surface area contributed by atoms with Crippen LogP contribution in [-0.2, 0) is 20.2 Å². The van der Waals surface area contributed by atoms with E-state index in [1.54, 1.807) is 16.4 Å². The predicted octanol–water partition coefficient (Wildman–Crippen LogP) is 4.47. The molecule has 0 N–H and O–H groups in total. The fraction of sp³-hybridized carbons (Fsp3) is 0.615. The Morgan fingerprint density at radius 1 is 1.06 bits per heavy atom. The van der Waals surface area contributed by atoms with Crippen molar-refractivity contribution in [1.29, 1.82) is 0 Å². The second-order valence-corrected chi connectivity index (χ2v) is 12.9. The van der Waals surface area contributed by atoms with Crippen molar-refractivity contribution >= 4 is 10.0 Å². The van der Waals surface area contributed by atoms with Crippen LogP contribution in [-0.4, -0.2) is 57.0 Å². The standard InChI is InChI=1S/C26H35FN2O3S/c1-26(2,3)19-7-9-20(10-8-19)33(30,31)29-16-22-21(23(22)17-29)15-18-5-4-6-24(25(18)27)28-11-13-32-14-12-28/h6-10,21-23H,4-5,11-17H2,1-3H3. The van der Waals surface area contributed by atoms with Gasteiger partial charge in [-0.15, -0.1) is 0 Å². The number of fused-ring (bicyclic) bond motifs is 1. The van der Waals surface area contributed by atoms with Crippen LogP contribution < -0.4 is 0 Å². The molecule has 7 heteroatoms. The van der Waals surface area contributed by atoms with Crippen LogP contribution >= 0.6 is 0 Å². The third-order valence-electron chi connectivity index (χ3n) is 7.85. The van der Waals surface area contributed by atoms with E-state index >= 15 is 4.39 Å². The zero-order valence-corrected chi connectivity index (χ0v) is 20.7. The number of sulfonamides is 1. The van der Waals surface area contributed by atoms with Gasteiger partial charge in [-0.3, -0.25) is 0 Å². The Morgan fingerprint density at radius 2 is 1.70 bits per heavy atom. The van der Waals surface area contributed by atoms with Crippen molar-refractivity contribution in [3.8, 4) is 0 Å². The van der Waals surface area contributed by atoms with E-state index in [2.05, 4.69) is 25.7 Å². The van der Waals surface area contributed by atoms with Crippen molar-refractivity contribution < 1.29 is 17.5 Å². The van der Waals surface area contributed by atoms with Gasteiger partial charge in [0.25, 0.3) is 0 Å². The number of hydrogen-bond acceptors (Lipinski definition) is 4. The molecule has 2 aliphatic heterocycles. The number of hydrogen-bond donors (Lipinski definition) is 0. The minimum Gasteiger partial charge on any atom is -0.378 e. The van der Waals surface area contributed by atoms with Gasteiger partial charge in [0.15, 0.2) is 0 Å². The molecule has 2 aliphatic carbocycles. The van der Waals surface area contributed by atoms with E-state index in [1.807, 2.05) is 18.2 Å². The van der Waals surface area contributed by atoms with Gasteiger partial charge in [0.05, 0.1) is 23.8 Å². The van der Waals surface area contributed by atoms with E-state index in [-0.39, 0.29) is 11.2 Å². The van der Waals surface area contributed by atoms with Crippen LogP contribution in [0.4, 0.5) is 4.39 Å². The van der Waals surface area contributed by atoms with Crippen LogP contribution in [0.15, 0.2) is 52.3 Å². The van der Waals surface area contributed by atoms with Gasteiger partial charge in [-0.2, -0.15) is 4.31 Å². The molecule has 5 nitrogen and oxygen atoms in total. The smallest absolute Gasteiger partial charge is 0.243 e. The lowest BCUT2D eigenvalue weighted by molar-refractivity contribution is 0.0530. The van der Waals surface area contributed by atoms with Crippen molar-refractivity contribution in [2.45, 2.75) is 50.3 Å². The van der Waals surface area contributed by atoms with Crippen LogP contribution in [0.25, 0.3) is 0 Å². The topological polar surface area (TPSA) is 49.9 Å². The fourth-order valence-corrected chi connectivity index (χ4v) is 7.21. The lowest BCUT2D eigenvalue weighted by Gasteiger charge is -2.32. The summed E-state index contributed by atoms with van der Waals surface area (Å²) in [7, 11) is -3.47. The SMILES string of the molecule is CC(C)(C)c1ccc(S(=O)(=O)N2CC3C(CC4=C(F)C(N5CCOCC5)=CCC4)C3C2)cc1. The van der Waals surface area contributed by atoms with Gasteiger partial charge in [-0.25, -0.2) is 12.8 Å². The molecular weight excluding hydrogens is 439 g/mol. The van der Waals surface area contributed by atoms with E-state index in [1.165, 1.54) is 0 Å². The highest BCUT2D eigenvalue weighted by molar-refractivity contribution is 7.89. The summed E-state index contributed by atoms with van der Waals surface area (Å²) in [6.07, 6.45) is 4.44. The maximum atomic E-state index is 15.3. The van der Waals surface area contributed by atoms with Gasteiger partial charge in [0.2, 0.25) is 10.0 Å². The third kappa shape index (κ3) is 4.40. The average molecular weight is 475 g/mol. The Balaban J connectivity index is 1.21. The maximum Gasteiger partial charge on any atom is 0.243 e. The summed E-state index contributed by atoms with van der Waals surface area (Å²) < 4.78 is 48.7. The normalized spacial score (nSPS) is 28.7. The molecule has 2 heterocycles. The van der Waals surface area contributed by atoms with E-state index in [0.717, 1.165) is 49.2 Å². The summed E-state index contributed by atoms with van der Waals surface area (Å²) in [5.41, 5.74) is 2.78. The van der Waals surface area contributed by atoms with E-state index in [9.17, 15) is 8.42 Å². The molecule has 2 saturated heterocycles. The Bertz CT molecular complexity index is 1050. The van der Waals surface area contributed by atoms with Crippen LogP contribution in [0.2, 0.25) is 0 Å². The number of allylic oxidation sites excluding steroid dienone is 3. The quantitative estimate of drug-likeness (QED) is 0.632. The van der Waals surface area contributed by atoms with E-state index in [4.69, 9.17) is 4.74 Å². The summed E-state index contributed by atoms with van der Waals surface area (Å²) in [6, 6.07) is 7.31. The van der Waals surface area contributed by atoms with Gasteiger partial charge in [-0.05, 0) is 65.7 Å². The largest absolute Gasteiger partial charge is 0.378 e. The summed E-state index contributed by atoms with van der Waals surface area (Å²) >= 11 is 0. The van der Waals surface area contributed by atoms with Crippen molar-refractivity contribution in [2.75, 3.05) is 39.4 Å². The summed E-state index contributed by atoms with van der Waals surface area (Å²) in [5, 5.41) is 0. The molecule has 33 heavy (non-hydrogen) atoms. The molecule has 0 radical (unpaired) electrons. The monoisotopic (exact) mass is 474 g/mol. The molecule has 0 bridgehead atoms. The molecule has 3 fully saturated rings. The second kappa shape index (κ2) is 8.51. The van der Waals surface area contributed by atoms with Gasteiger partial charge in [0, 0.05) is 26.2 Å². The van der Waals surface area contributed by atoms with Crippen molar-refractivity contribution in [2.24, 2.45) is 17.8 Å². The minimum atomic E-state index is -3.47. The van der Waals surface area contributed by atoms with Gasteiger partial charge in [-0.1, -0.05) is 39.0 Å².